The maximum atomic E-state index is 12.4. The molecule has 1 saturated heterocycles. The van der Waals surface area contributed by atoms with E-state index in [2.05, 4.69) is 35.2 Å². The van der Waals surface area contributed by atoms with Crippen LogP contribution in [0.4, 0.5) is 11.5 Å². The number of aliphatic hydroxyl groups excluding tert-OH is 2. The Morgan fingerprint density at radius 2 is 1.82 bits per heavy atom. The molecule has 1 aliphatic heterocycles. The van der Waals surface area contributed by atoms with Crippen LogP contribution < -0.4 is 10.0 Å². The van der Waals surface area contributed by atoms with Crippen LogP contribution in [-0.2, 0) is 20.2 Å². The van der Waals surface area contributed by atoms with Crippen molar-refractivity contribution in [1.29, 1.82) is 0 Å². The number of nitrogens with one attached hydrogen (secondary N) is 2. The summed E-state index contributed by atoms with van der Waals surface area (Å²) in [5.41, 5.74) is 0.722. The number of hydrogen-bond donors (Lipinski definition) is 4. The Hall–Kier alpha value is -3.66. The minimum atomic E-state index is -3.60. The van der Waals surface area contributed by atoms with Crippen molar-refractivity contribution in [2.24, 2.45) is 0 Å². The molecule has 0 saturated carbocycles. The summed E-state index contributed by atoms with van der Waals surface area (Å²) in [6.45, 7) is 5.78. The van der Waals surface area contributed by atoms with Gasteiger partial charge >= 0.3 is 0 Å². The van der Waals surface area contributed by atoms with Gasteiger partial charge in [0.25, 0.3) is 0 Å². The molecule has 1 fully saturated rings. The standard InChI is InChI=1S/C23H28N8O6S/c1-23(2,3)22-29-28-20(37-22)17-15(32)16(33)21(36-17)31-12-27-14-18(25-11-26-19(14)31)24-9-10-38(34,35)30-13-7-5-4-6-8-13/h4-8,11-12,15-17,21,30,32-33H,9-10H2,1-3H3,(H,24,25,26)/t15-,16-,17-,21+/m0/s1. The van der Waals surface area contributed by atoms with Crippen molar-refractivity contribution in [2.75, 3.05) is 22.3 Å². The summed E-state index contributed by atoms with van der Waals surface area (Å²) >= 11 is 0. The van der Waals surface area contributed by atoms with Crippen LogP contribution in [0.15, 0.2) is 47.4 Å². The number of sulfonamides is 1. The first kappa shape index (κ1) is 26.0. The number of para-hydroxylation sites is 1. The number of anilines is 2. The number of benzene rings is 1. The molecule has 4 N–H and O–H groups in total. The fourth-order valence-corrected chi connectivity index (χ4v) is 4.92. The summed E-state index contributed by atoms with van der Waals surface area (Å²) in [6.07, 6.45) is -2.12. The zero-order chi connectivity index (χ0) is 27.1. The van der Waals surface area contributed by atoms with E-state index in [0.29, 0.717) is 28.6 Å². The van der Waals surface area contributed by atoms with Gasteiger partial charge in [-0.3, -0.25) is 9.29 Å². The van der Waals surface area contributed by atoms with Crippen LogP contribution in [0.1, 0.15) is 44.9 Å². The number of rotatable bonds is 8. The largest absolute Gasteiger partial charge is 0.422 e. The molecule has 0 spiro atoms. The average molecular weight is 545 g/mol. The highest BCUT2D eigenvalue weighted by molar-refractivity contribution is 7.92. The van der Waals surface area contributed by atoms with Crippen LogP contribution in [0, 0.1) is 0 Å². The molecule has 15 heteroatoms. The maximum absolute atomic E-state index is 12.4. The van der Waals surface area contributed by atoms with E-state index in [1.54, 1.807) is 30.3 Å². The van der Waals surface area contributed by atoms with Crippen molar-refractivity contribution in [2.45, 2.75) is 50.7 Å². The number of aliphatic hydroxyl groups is 2. The summed E-state index contributed by atoms with van der Waals surface area (Å²) in [6, 6.07) is 8.59. The number of nitrogens with zero attached hydrogens (tertiary/aromatic N) is 6. The van der Waals surface area contributed by atoms with Gasteiger partial charge in [-0.15, -0.1) is 10.2 Å². The summed E-state index contributed by atoms with van der Waals surface area (Å²) in [5, 5.41) is 32.4. The summed E-state index contributed by atoms with van der Waals surface area (Å²) < 4.78 is 40.4. The van der Waals surface area contributed by atoms with Crippen molar-refractivity contribution < 1.29 is 27.8 Å². The van der Waals surface area contributed by atoms with E-state index >= 15 is 0 Å². The van der Waals surface area contributed by atoms with Gasteiger partial charge in [-0.2, -0.15) is 0 Å². The second kappa shape index (κ2) is 9.90. The fourth-order valence-electron chi connectivity index (χ4n) is 3.95. The molecule has 4 atom stereocenters. The number of imidazole rings is 1. The third kappa shape index (κ3) is 5.18. The van der Waals surface area contributed by atoms with Crippen molar-refractivity contribution in [3.8, 4) is 0 Å². The summed E-state index contributed by atoms with van der Waals surface area (Å²) in [5.74, 6) is 0.516. The van der Waals surface area contributed by atoms with E-state index in [9.17, 15) is 18.6 Å². The second-order valence-electron chi connectivity index (χ2n) is 9.88. The number of ether oxygens (including phenoxy) is 1. The van der Waals surface area contributed by atoms with Crippen molar-refractivity contribution in [1.82, 2.24) is 29.7 Å². The Morgan fingerprint density at radius 3 is 2.53 bits per heavy atom. The predicted molar refractivity (Wildman–Crippen MR) is 136 cm³/mol. The summed E-state index contributed by atoms with van der Waals surface area (Å²) in [4.78, 5) is 12.7. The molecule has 0 aliphatic carbocycles. The van der Waals surface area contributed by atoms with Gasteiger partial charge in [0.05, 0.1) is 12.1 Å². The monoisotopic (exact) mass is 544 g/mol. The zero-order valence-electron chi connectivity index (χ0n) is 20.9. The quantitative estimate of drug-likeness (QED) is 0.249. The highest BCUT2D eigenvalue weighted by atomic mass is 32.2. The van der Waals surface area contributed by atoms with Gasteiger partial charge < -0.3 is 24.7 Å². The minimum Gasteiger partial charge on any atom is -0.422 e. The third-order valence-electron chi connectivity index (χ3n) is 5.91. The smallest absolute Gasteiger partial charge is 0.248 e. The molecule has 202 valence electrons. The van der Waals surface area contributed by atoms with Gasteiger partial charge in [0.1, 0.15) is 18.5 Å². The lowest BCUT2D eigenvalue weighted by Gasteiger charge is -2.16. The van der Waals surface area contributed by atoms with E-state index in [1.807, 2.05) is 20.8 Å². The SMILES string of the molecule is CC(C)(C)c1nnc([C@H]2O[C@@H](n3cnc4c(NCCS(=O)(=O)Nc5ccccc5)ncnc43)[C@@H](O)[C@@H]2O)o1. The molecule has 38 heavy (non-hydrogen) atoms. The Bertz CT molecular complexity index is 1520. The lowest BCUT2D eigenvalue weighted by Crippen LogP contribution is -2.29. The highest BCUT2D eigenvalue weighted by Crippen LogP contribution is 2.40. The Morgan fingerprint density at radius 1 is 1.05 bits per heavy atom. The minimum absolute atomic E-state index is 0.0516. The van der Waals surface area contributed by atoms with Gasteiger partial charge in [-0.1, -0.05) is 39.0 Å². The molecule has 14 nitrogen and oxygen atoms in total. The van der Waals surface area contributed by atoms with Gasteiger partial charge in [0.15, 0.2) is 29.3 Å². The van der Waals surface area contributed by atoms with E-state index in [1.165, 1.54) is 17.2 Å². The molecule has 0 bridgehead atoms. The van der Waals surface area contributed by atoms with Gasteiger partial charge in [-0.25, -0.2) is 23.4 Å². The predicted octanol–water partition coefficient (Wildman–Crippen LogP) is 1.35. The molecule has 0 unspecified atom stereocenters. The number of aromatic nitrogens is 6. The number of hydrogen-bond acceptors (Lipinski definition) is 12. The first-order valence-electron chi connectivity index (χ1n) is 11.9. The topological polar surface area (TPSA) is 190 Å². The molecule has 0 amide bonds. The maximum Gasteiger partial charge on any atom is 0.248 e. The lowest BCUT2D eigenvalue weighted by molar-refractivity contribution is -0.0441. The lowest BCUT2D eigenvalue weighted by atomic mass is 9.97. The molecule has 4 heterocycles. The first-order valence-corrected chi connectivity index (χ1v) is 13.5. The van der Waals surface area contributed by atoms with Crippen LogP contribution in [0.5, 0.6) is 0 Å². The Labute approximate surface area is 218 Å². The Kier molecular flexibility index (Phi) is 6.77. The molecule has 4 aromatic rings. The molecule has 0 radical (unpaired) electrons. The van der Waals surface area contributed by atoms with Crippen LogP contribution in [-0.4, -0.2) is 72.9 Å². The molecular weight excluding hydrogens is 516 g/mol. The van der Waals surface area contributed by atoms with E-state index in [-0.39, 0.29) is 18.2 Å². The fraction of sp³-hybridized carbons (Fsp3) is 0.435. The van der Waals surface area contributed by atoms with Crippen LogP contribution in [0.2, 0.25) is 0 Å². The Balaban J connectivity index is 1.30. The highest BCUT2D eigenvalue weighted by Gasteiger charge is 2.48. The molecule has 3 aromatic heterocycles. The van der Waals surface area contributed by atoms with Crippen LogP contribution in [0.3, 0.4) is 0 Å². The normalized spacial score (nSPS) is 22.1. The molecular formula is C23H28N8O6S. The summed E-state index contributed by atoms with van der Waals surface area (Å²) in [7, 11) is -3.60. The average Bonchev–Trinajstić information content (AvgIpc) is 3.58. The van der Waals surface area contributed by atoms with Gasteiger partial charge in [0, 0.05) is 17.6 Å². The molecule has 5 rings (SSSR count). The van der Waals surface area contributed by atoms with Crippen LogP contribution >= 0.6 is 0 Å². The number of fused-ring (bicyclic) bond motifs is 1. The van der Waals surface area contributed by atoms with Crippen molar-refractivity contribution in [3.05, 3.63) is 54.8 Å². The van der Waals surface area contributed by atoms with Gasteiger partial charge in [-0.05, 0) is 12.1 Å². The van der Waals surface area contributed by atoms with E-state index < -0.39 is 40.0 Å². The second-order valence-corrected chi connectivity index (χ2v) is 11.7. The van der Waals surface area contributed by atoms with Gasteiger partial charge in [0.2, 0.25) is 21.8 Å². The zero-order valence-corrected chi connectivity index (χ0v) is 21.7. The third-order valence-corrected chi connectivity index (χ3v) is 7.20. The van der Waals surface area contributed by atoms with E-state index in [0.717, 1.165) is 0 Å². The van der Waals surface area contributed by atoms with Crippen LogP contribution in [0.25, 0.3) is 11.2 Å². The molecule has 1 aromatic carbocycles. The molecule has 1 aliphatic rings. The van der Waals surface area contributed by atoms with Crippen molar-refractivity contribution in [3.63, 3.8) is 0 Å². The van der Waals surface area contributed by atoms with Crippen molar-refractivity contribution >= 4 is 32.7 Å². The first-order chi connectivity index (χ1) is 18.0. The van der Waals surface area contributed by atoms with E-state index in [4.69, 9.17) is 9.15 Å².